The number of anilines is 6. The summed E-state index contributed by atoms with van der Waals surface area (Å²) in [6.45, 7) is 12.0. The van der Waals surface area contributed by atoms with Gasteiger partial charge in [0.15, 0.2) is 17.5 Å². The topological polar surface area (TPSA) is 472 Å². The van der Waals surface area contributed by atoms with Crippen LogP contribution in [0.15, 0.2) is 103 Å². The summed E-state index contributed by atoms with van der Waals surface area (Å²) in [6.07, 6.45) is 8.66. The Morgan fingerprint density at radius 3 is 1.54 bits per heavy atom. The highest BCUT2D eigenvalue weighted by atomic mass is 35.5. The number of rotatable bonds is 50. The van der Waals surface area contributed by atoms with Crippen molar-refractivity contribution in [3.63, 3.8) is 0 Å². The molecular formula is C79H102ClN21O18S. The summed E-state index contributed by atoms with van der Waals surface area (Å²) in [4.78, 5) is 137. The Morgan fingerprint density at radius 2 is 1.00 bits per heavy atom. The monoisotopic (exact) mass is 1700 g/mol. The van der Waals surface area contributed by atoms with Crippen molar-refractivity contribution in [3.05, 3.63) is 153 Å². The quantitative estimate of drug-likeness (QED) is 0.0129. The summed E-state index contributed by atoms with van der Waals surface area (Å²) >= 11 is 7.72. The van der Waals surface area contributed by atoms with Crippen molar-refractivity contribution in [1.82, 2.24) is 59.1 Å². The largest absolute Gasteiger partial charge is 0.491 e. The van der Waals surface area contributed by atoms with E-state index in [-0.39, 0.29) is 128 Å². The van der Waals surface area contributed by atoms with E-state index in [2.05, 4.69) is 62.8 Å². The van der Waals surface area contributed by atoms with Gasteiger partial charge >= 0.3 is 0 Å². The lowest BCUT2D eigenvalue weighted by molar-refractivity contribution is -0.121. The Hall–Kier alpha value is -11.9. The first-order valence-corrected chi connectivity index (χ1v) is 39.7. The number of fused-ring (bicyclic) bond motifs is 1. The molecule has 120 heavy (non-hydrogen) atoms. The van der Waals surface area contributed by atoms with Crippen LogP contribution in [0.5, 0.6) is 5.75 Å². The van der Waals surface area contributed by atoms with E-state index in [9.17, 15) is 43.2 Å². The lowest BCUT2D eigenvalue weighted by Gasteiger charge is -2.24. The molecule has 9 amide bonds. The minimum Gasteiger partial charge on any atom is -0.491 e. The zero-order valence-corrected chi connectivity index (χ0v) is 69.7. The molecule has 644 valence electrons. The van der Waals surface area contributed by atoms with Crippen molar-refractivity contribution in [2.75, 3.05) is 170 Å². The first-order valence-electron chi connectivity index (χ1n) is 38.5. The second kappa shape index (κ2) is 47.1. The Bertz CT molecular complexity index is 4870. The predicted molar refractivity (Wildman–Crippen MR) is 447 cm³/mol. The number of halogens is 1. The third-order valence-electron chi connectivity index (χ3n) is 17.9. The molecular weight excluding hydrogens is 1600 g/mol. The number of ether oxygens (including phenoxy) is 9. The van der Waals surface area contributed by atoms with Gasteiger partial charge in [0.25, 0.3) is 29.5 Å². The van der Waals surface area contributed by atoms with Crippen LogP contribution < -0.4 is 57.5 Å². The zero-order chi connectivity index (χ0) is 86.0. The van der Waals surface area contributed by atoms with E-state index in [0.717, 1.165) is 26.6 Å². The Labute approximate surface area is 701 Å². The van der Waals surface area contributed by atoms with Crippen molar-refractivity contribution in [3.8, 4) is 5.75 Å². The number of aryl methyl sites for hydroxylation is 6. The summed E-state index contributed by atoms with van der Waals surface area (Å²) in [7, 11) is 8.01. The SMILES string of the molecule is CC(=N)N1C(=N)[C@H](CC(=O)Nc2ccc(OCCOCCOCCOCCOCCOCCOCCOCCOCCNC(=O)CCNC(=O)c3nc(NC(=O)CCNC(=O)c4c(NC(=O)c5nc(NC(=O)CCNC(=O)c6cc(NC(=O)c7nccn7C)cn6C)cn5C)ccn4C)cn3C)cc2)N=C(c2ccc(Cl)cc2)c2c1sc(C)c2C. The lowest BCUT2D eigenvalue weighted by Crippen LogP contribution is -2.41. The van der Waals surface area contributed by atoms with E-state index in [0.29, 0.717) is 134 Å². The van der Waals surface area contributed by atoms with Crippen LogP contribution in [0.1, 0.15) is 107 Å². The number of hydrogen-bond donors (Lipinski definition) is 11. The Morgan fingerprint density at radius 1 is 0.492 bits per heavy atom. The molecule has 0 unspecified atom stereocenters. The fourth-order valence-corrected chi connectivity index (χ4v) is 13.2. The van der Waals surface area contributed by atoms with E-state index in [1.165, 1.54) is 60.3 Å². The average molecular weight is 1700 g/mol. The van der Waals surface area contributed by atoms with E-state index in [1.54, 1.807) is 107 Å². The number of aliphatic imine (C=N–C) groups is 1. The molecule has 0 spiro atoms. The van der Waals surface area contributed by atoms with E-state index in [4.69, 9.17) is 70.0 Å². The van der Waals surface area contributed by atoms with Crippen LogP contribution in [0, 0.1) is 24.7 Å². The predicted octanol–water partition coefficient (Wildman–Crippen LogP) is 5.39. The van der Waals surface area contributed by atoms with Crippen LogP contribution in [0.4, 0.5) is 33.7 Å². The molecule has 2 aromatic carbocycles. The number of amidine groups is 2. The molecule has 0 bridgehead atoms. The van der Waals surface area contributed by atoms with Crippen LogP contribution in [0.2, 0.25) is 5.02 Å². The molecule has 1 atom stereocenters. The maximum absolute atomic E-state index is 13.5. The van der Waals surface area contributed by atoms with Gasteiger partial charge < -0.3 is 113 Å². The van der Waals surface area contributed by atoms with Crippen molar-refractivity contribution < 1.29 is 85.8 Å². The molecule has 0 fully saturated rings. The molecule has 0 saturated heterocycles. The average Bonchev–Trinajstić information content (AvgIpc) is 1.60. The van der Waals surface area contributed by atoms with E-state index in [1.807, 2.05) is 26.0 Å². The van der Waals surface area contributed by atoms with Crippen LogP contribution in [-0.2, 0) is 92.3 Å². The normalized spacial score (nSPS) is 12.4. The molecule has 0 radical (unpaired) electrons. The molecule has 1 aliphatic heterocycles. The number of amides is 9. The first-order chi connectivity index (χ1) is 57.8. The fourth-order valence-electron chi connectivity index (χ4n) is 11.8. The fraction of sp³-hybridized carbons (Fsp3) is 0.430. The van der Waals surface area contributed by atoms with Crippen molar-refractivity contribution in [2.45, 2.75) is 52.5 Å². The molecule has 7 heterocycles. The van der Waals surface area contributed by atoms with Gasteiger partial charge in [0, 0.05) is 145 Å². The van der Waals surface area contributed by atoms with E-state index < -0.39 is 47.4 Å². The highest BCUT2D eigenvalue weighted by Gasteiger charge is 2.35. The van der Waals surface area contributed by atoms with Gasteiger partial charge in [-0.2, -0.15) is 0 Å². The first kappa shape index (κ1) is 92.0. The number of carbonyl (C=O) groups is 9. The summed E-state index contributed by atoms with van der Waals surface area (Å²) in [5.41, 5.74) is 4.67. The van der Waals surface area contributed by atoms with Gasteiger partial charge in [0.2, 0.25) is 35.3 Å². The van der Waals surface area contributed by atoms with Gasteiger partial charge in [-0.05, 0) is 74.9 Å². The summed E-state index contributed by atoms with van der Waals surface area (Å²) in [5.74, 6) is -3.46. The zero-order valence-electron chi connectivity index (χ0n) is 68.1. The minimum absolute atomic E-state index is 0.0101. The Balaban J connectivity index is 0.509. The number of aromatic nitrogens is 8. The molecule has 0 aliphatic carbocycles. The number of carbonyl (C=O) groups excluding carboxylic acids is 9. The van der Waals surface area contributed by atoms with Gasteiger partial charge in [-0.1, -0.05) is 23.7 Å². The number of nitrogens with zero attached hydrogens (tertiary/aromatic N) is 10. The number of hydrogen-bond acceptors (Lipinski definition) is 25. The maximum atomic E-state index is 13.5. The van der Waals surface area contributed by atoms with E-state index >= 15 is 0 Å². The Kier molecular flexibility index (Phi) is 36.1. The van der Waals surface area contributed by atoms with Crippen LogP contribution in [0.25, 0.3) is 0 Å². The van der Waals surface area contributed by atoms with Crippen LogP contribution >= 0.6 is 22.9 Å². The summed E-state index contributed by atoms with van der Waals surface area (Å²) < 4.78 is 57.7. The second-order valence-electron chi connectivity index (χ2n) is 27.1. The van der Waals surface area contributed by atoms with Crippen LogP contribution in [-0.4, -0.2) is 253 Å². The lowest BCUT2D eigenvalue weighted by atomic mass is 9.99. The van der Waals surface area contributed by atoms with Gasteiger partial charge in [-0.15, -0.1) is 11.3 Å². The second-order valence-corrected chi connectivity index (χ2v) is 28.7. The molecule has 9 rings (SSSR count). The number of thiophene rings is 1. The van der Waals surface area contributed by atoms with Gasteiger partial charge in [0.1, 0.15) is 46.5 Å². The smallest absolute Gasteiger partial charge is 0.291 e. The molecule has 6 aromatic heterocycles. The third kappa shape index (κ3) is 28.2. The molecule has 1 aliphatic rings. The van der Waals surface area contributed by atoms with Crippen molar-refractivity contribution in [1.29, 1.82) is 10.8 Å². The number of benzene rings is 2. The highest BCUT2D eigenvalue weighted by Crippen LogP contribution is 2.40. The summed E-state index contributed by atoms with van der Waals surface area (Å²) in [6, 6.07) is 16.4. The van der Waals surface area contributed by atoms with Gasteiger partial charge in [0.05, 0.1) is 129 Å². The standard InChI is InChI=1S/C79H102ClN21O18S/c1-50-51(2)120-79-67(50)68(53-9-11-54(80)12-10-53)90-59(70(82)101(79)52(3)81)46-66(105)88-55-13-15-57(16-14-55)119-44-43-118-42-41-117-40-39-116-38-37-115-36-35-114-34-33-113-32-31-112-30-29-111-28-25-83-63(102)17-21-87-76(108)72-94-61(48-99(72)7)92-65(104)19-23-86-75(107)69-58(20-26-96(69)4)91-78(110)73-95-62(49-100(73)8)93-64(103)18-22-85-74(106)60-45-56(47-98(60)6)89-77(109)71-84-24-27-97(71)5/h9-16,20,24,26-27,45,47-49,59,81-82H,17-19,21-23,25,28-44,46H2,1-8H3,(H,83,102)(H,85,106)(H,86,107)(H,87,108)(H,88,105)(H,89,109)(H,91,110)(H,92,104)(H,93,103)/t59-/m0/s1. The summed E-state index contributed by atoms with van der Waals surface area (Å²) in [5, 5.41) is 43.3. The number of imidazole rings is 3. The molecule has 39 nitrogen and oxygen atoms in total. The van der Waals surface area contributed by atoms with Crippen LogP contribution in [0.3, 0.4) is 0 Å². The molecule has 11 N–H and O–H groups in total. The highest BCUT2D eigenvalue weighted by molar-refractivity contribution is 7.17. The maximum Gasteiger partial charge on any atom is 0.291 e. The third-order valence-corrected chi connectivity index (χ3v) is 19.4. The molecule has 0 saturated carbocycles. The minimum atomic E-state index is -0.859. The van der Waals surface area contributed by atoms with Crippen molar-refractivity contribution in [2.24, 2.45) is 40.2 Å². The molecule has 8 aromatic rings. The van der Waals surface area contributed by atoms with Gasteiger partial charge in [-0.3, -0.25) is 63.9 Å². The number of nitrogens with one attached hydrogen (secondary N) is 11. The van der Waals surface area contributed by atoms with Crippen molar-refractivity contribution >= 4 is 127 Å². The van der Waals surface area contributed by atoms with Gasteiger partial charge in [-0.25, -0.2) is 15.0 Å². The molecule has 41 heteroatoms.